The molecule has 0 atom stereocenters. The van der Waals surface area contributed by atoms with Gasteiger partial charge >= 0.3 is 5.63 Å². The second kappa shape index (κ2) is 7.54. The van der Waals surface area contributed by atoms with Gasteiger partial charge in [0.15, 0.2) is 0 Å². The Kier molecular flexibility index (Phi) is 5.00. The summed E-state index contributed by atoms with van der Waals surface area (Å²) in [4.78, 5) is 11.5. The number of benzene rings is 2. The Morgan fingerprint density at radius 1 is 1.04 bits per heavy atom. The number of fused-ring (bicyclic) bond motifs is 1. The molecule has 3 aromatic rings. The molecule has 1 aromatic heterocycles. The summed E-state index contributed by atoms with van der Waals surface area (Å²) in [5, 5.41) is 9.75. The van der Waals surface area contributed by atoms with Crippen molar-refractivity contribution < 1.29 is 13.9 Å². The van der Waals surface area contributed by atoms with Crippen LogP contribution in [0, 0.1) is 18.3 Å². The van der Waals surface area contributed by atoms with E-state index < -0.39 is 0 Å². The smallest absolute Gasteiger partial charge is 0.336 e. The van der Waals surface area contributed by atoms with E-state index in [2.05, 4.69) is 6.07 Å². The van der Waals surface area contributed by atoms with Crippen molar-refractivity contribution in [2.24, 2.45) is 0 Å². The summed E-state index contributed by atoms with van der Waals surface area (Å²) in [6, 6.07) is 16.0. The number of hydrogen-bond donors (Lipinski definition) is 0. The lowest BCUT2D eigenvalue weighted by molar-refractivity contribution is 0.247. The standard InChI is InChI=1S/C20H17NO4/c1-14-10-20(22)25-19-12-17(6-7-18(14)19)24-9-3-8-23-16-5-2-4-15(11-16)13-21/h2,4-7,10-12H,3,8-9H2,1H3. The van der Waals surface area contributed by atoms with Gasteiger partial charge in [0.25, 0.3) is 0 Å². The van der Waals surface area contributed by atoms with Crippen LogP contribution in [-0.4, -0.2) is 13.2 Å². The summed E-state index contributed by atoms with van der Waals surface area (Å²) in [6.45, 7) is 2.83. The molecule has 126 valence electrons. The van der Waals surface area contributed by atoms with Crippen LogP contribution in [-0.2, 0) is 0 Å². The van der Waals surface area contributed by atoms with E-state index in [1.165, 1.54) is 6.07 Å². The van der Waals surface area contributed by atoms with Crippen LogP contribution in [0.1, 0.15) is 17.5 Å². The van der Waals surface area contributed by atoms with E-state index in [1.54, 1.807) is 24.3 Å². The fraction of sp³-hybridized carbons (Fsp3) is 0.200. The predicted octanol–water partition coefficient (Wildman–Crippen LogP) is 3.82. The van der Waals surface area contributed by atoms with Crippen LogP contribution in [0.15, 0.2) is 57.7 Å². The second-order valence-electron chi connectivity index (χ2n) is 5.60. The average Bonchev–Trinajstić information content (AvgIpc) is 2.61. The summed E-state index contributed by atoms with van der Waals surface area (Å²) in [5.74, 6) is 1.31. The van der Waals surface area contributed by atoms with E-state index in [9.17, 15) is 4.79 Å². The molecule has 5 nitrogen and oxygen atoms in total. The number of rotatable bonds is 6. The van der Waals surface area contributed by atoms with Gasteiger partial charge in [-0.15, -0.1) is 0 Å². The fourth-order valence-corrected chi connectivity index (χ4v) is 2.49. The maximum Gasteiger partial charge on any atom is 0.336 e. The molecule has 1 heterocycles. The SMILES string of the molecule is Cc1cc(=O)oc2cc(OCCCOc3cccc(C#N)c3)ccc12. The van der Waals surface area contributed by atoms with Gasteiger partial charge in [-0.25, -0.2) is 4.79 Å². The van der Waals surface area contributed by atoms with E-state index in [-0.39, 0.29) is 5.63 Å². The van der Waals surface area contributed by atoms with Crippen molar-refractivity contribution in [2.45, 2.75) is 13.3 Å². The first-order valence-corrected chi connectivity index (χ1v) is 7.96. The molecule has 25 heavy (non-hydrogen) atoms. The Morgan fingerprint density at radius 2 is 1.80 bits per heavy atom. The second-order valence-corrected chi connectivity index (χ2v) is 5.60. The Bertz CT molecular complexity index is 985. The van der Waals surface area contributed by atoms with Crippen LogP contribution in [0.2, 0.25) is 0 Å². The van der Waals surface area contributed by atoms with E-state index in [4.69, 9.17) is 19.2 Å². The van der Waals surface area contributed by atoms with Gasteiger partial charge in [0.1, 0.15) is 17.1 Å². The van der Waals surface area contributed by atoms with Gasteiger partial charge in [-0.2, -0.15) is 5.26 Å². The molecule has 0 N–H and O–H groups in total. The van der Waals surface area contributed by atoms with Crippen LogP contribution in [0.25, 0.3) is 11.0 Å². The predicted molar refractivity (Wildman–Crippen MR) is 94.0 cm³/mol. The molecule has 0 aliphatic carbocycles. The van der Waals surface area contributed by atoms with E-state index >= 15 is 0 Å². The molecule has 0 aliphatic rings. The van der Waals surface area contributed by atoms with Gasteiger partial charge in [-0.1, -0.05) is 6.07 Å². The van der Waals surface area contributed by atoms with E-state index in [0.29, 0.717) is 42.3 Å². The van der Waals surface area contributed by atoms with Crippen LogP contribution in [0.4, 0.5) is 0 Å². The molecule has 5 heteroatoms. The highest BCUT2D eigenvalue weighted by atomic mass is 16.5. The van der Waals surface area contributed by atoms with Gasteiger partial charge in [-0.3, -0.25) is 0 Å². The Hall–Kier alpha value is -3.26. The molecular formula is C20H17NO4. The maximum atomic E-state index is 11.5. The lowest BCUT2D eigenvalue weighted by Crippen LogP contribution is -2.05. The monoisotopic (exact) mass is 335 g/mol. The summed E-state index contributed by atoms with van der Waals surface area (Å²) < 4.78 is 16.5. The molecule has 0 amide bonds. The van der Waals surface area contributed by atoms with E-state index in [0.717, 1.165) is 10.9 Å². The number of hydrogen-bond acceptors (Lipinski definition) is 5. The molecule has 0 unspecified atom stereocenters. The van der Waals surface area contributed by atoms with Crippen molar-refractivity contribution in [3.05, 3.63) is 70.1 Å². The first-order valence-electron chi connectivity index (χ1n) is 7.96. The molecule has 0 bridgehead atoms. The Labute approximate surface area is 145 Å². The van der Waals surface area contributed by atoms with Crippen molar-refractivity contribution in [2.75, 3.05) is 13.2 Å². The zero-order valence-electron chi connectivity index (χ0n) is 13.8. The zero-order chi connectivity index (χ0) is 17.6. The average molecular weight is 335 g/mol. The van der Waals surface area contributed by atoms with Crippen molar-refractivity contribution in [3.8, 4) is 17.6 Å². The van der Waals surface area contributed by atoms with Crippen molar-refractivity contribution in [1.82, 2.24) is 0 Å². The Morgan fingerprint density at radius 3 is 2.56 bits per heavy atom. The van der Waals surface area contributed by atoms with Crippen LogP contribution >= 0.6 is 0 Å². The molecule has 0 aliphatic heterocycles. The highest BCUT2D eigenvalue weighted by Gasteiger charge is 2.04. The minimum absolute atomic E-state index is 0.366. The first-order chi connectivity index (χ1) is 12.2. The quantitative estimate of drug-likeness (QED) is 0.506. The van der Waals surface area contributed by atoms with Crippen LogP contribution in [0.5, 0.6) is 11.5 Å². The highest BCUT2D eigenvalue weighted by Crippen LogP contribution is 2.22. The maximum absolute atomic E-state index is 11.5. The number of nitrogens with zero attached hydrogens (tertiary/aromatic N) is 1. The lowest BCUT2D eigenvalue weighted by Gasteiger charge is -2.09. The van der Waals surface area contributed by atoms with Gasteiger partial charge in [0, 0.05) is 23.9 Å². The van der Waals surface area contributed by atoms with Gasteiger partial charge in [0.2, 0.25) is 0 Å². The first kappa shape index (κ1) is 16.6. The molecule has 3 rings (SSSR count). The van der Waals surface area contributed by atoms with E-state index in [1.807, 2.05) is 25.1 Å². The molecule has 0 saturated carbocycles. The Balaban J connectivity index is 1.53. The molecule has 0 fully saturated rings. The summed E-state index contributed by atoms with van der Waals surface area (Å²) in [6.07, 6.45) is 0.687. The largest absolute Gasteiger partial charge is 0.493 e. The minimum Gasteiger partial charge on any atom is -0.493 e. The molecular weight excluding hydrogens is 318 g/mol. The van der Waals surface area contributed by atoms with Crippen molar-refractivity contribution in [1.29, 1.82) is 5.26 Å². The molecule has 0 saturated heterocycles. The third kappa shape index (κ3) is 4.18. The third-order valence-electron chi connectivity index (χ3n) is 3.71. The number of nitriles is 1. The molecule has 2 aromatic carbocycles. The van der Waals surface area contributed by atoms with Gasteiger partial charge < -0.3 is 13.9 Å². The molecule has 0 spiro atoms. The fourth-order valence-electron chi connectivity index (χ4n) is 2.49. The lowest BCUT2D eigenvalue weighted by atomic mass is 10.1. The topological polar surface area (TPSA) is 72.5 Å². The van der Waals surface area contributed by atoms with Crippen LogP contribution < -0.4 is 15.1 Å². The zero-order valence-corrected chi connectivity index (χ0v) is 13.8. The number of ether oxygens (including phenoxy) is 2. The third-order valence-corrected chi connectivity index (χ3v) is 3.71. The number of aryl methyl sites for hydroxylation is 1. The normalized spacial score (nSPS) is 10.4. The summed E-state index contributed by atoms with van der Waals surface area (Å²) >= 11 is 0. The van der Waals surface area contributed by atoms with Crippen LogP contribution in [0.3, 0.4) is 0 Å². The molecule has 0 radical (unpaired) electrons. The van der Waals surface area contributed by atoms with Gasteiger partial charge in [0.05, 0.1) is 24.8 Å². The summed E-state index contributed by atoms with van der Waals surface area (Å²) in [7, 11) is 0. The van der Waals surface area contributed by atoms with Gasteiger partial charge in [-0.05, 0) is 42.8 Å². The van der Waals surface area contributed by atoms with Crippen molar-refractivity contribution in [3.63, 3.8) is 0 Å². The summed E-state index contributed by atoms with van der Waals surface area (Å²) in [5.41, 5.74) is 1.61. The highest BCUT2D eigenvalue weighted by molar-refractivity contribution is 5.81. The van der Waals surface area contributed by atoms with Crippen molar-refractivity contribution >= 4 is 11.0 Å². The minimum atomic E-state index is -0.366.